The molecule has 3 aliphatic carbocycles. The SMILES string of the molecule is CCCC1CCC(C)CC12OC(=O)C(=C/C=C/C=C/C1=C(O)OC3(CCC4(CC3)OC(=O)C(=C/C=C/C=C/C3=C(O)OC5(CC(C)CCC5CCC)OC3=O)C(=O)O4)OC1=O)C(=O)O2. The Kier molecular flexibility index (Phi) is 13.3. The molecule has 344 valence electrons. The van der Waals surface area contributed by atoms with Crippen molar-refractivity contribution in [2.24, 2.45) is 23.7 Å². The summed E-state index contributed by atoms with van der Waals surface area (Å²) in [5.74, 6) is -11.6. The zero-order chi connectivity index (χ0) is 45.9. The summed E-state index contributed by atoms with van der Waals surface area (Å²) in [6, 6.07) is 0. The van der Waals surface area contributed by atoms with Gasteiger partial charge in [-0.15, -0.1) is 0 Å². The molecule has 16 heteroatoms. The monoisotopic (exact) mass is 888 g/mol. The molecule has 0 amide bonds. The fourth-order valence-corrected chi connectivity index (χ4v) is 9.73. The Bertz CT molecular complexity index is 2130. The molecule has 7 rings (SSSR count). The Morgan fingerprint density at radius 1 is 0.484 bits per heavy atom. The predicted molar refractivity (Wildman–Crippen MR) is 223 cm³/mol. The molecule has 3 saturated carbocycles. The minimum Gasteiger partial charge on any atom is -0.480 e. The highest BCUT2D eigenvalue weighted by atomic mass is 16.8. The van der Waals surface area contributed by atoms with Gasteiger partial charge in [0.25, 0.3) is 35.0 Å². The van der Waals surface area contributed by atoms with Gasteiger partial charge in [-0.05, 0) is 74.7 Å². The van der Waals surface area contributed by atoms with E-state index < -0.39 is 76.4 Å². The highest BCUT2D eigenvalue weighted by Crippen LogP contribution is 2.49. The topological polar surface area (TPSA) is 217 Å². The molecule has 5 atom stereocenters. The van der Waals surface area contributed by atoms with Crippen LogP contribution >= 0.6 is 0 Å². The predicted octanol–water partition coefficient (Wildman–Crippen LogP) is 7.78. The molecule has 0 bridgehead atoms. The maximum atomic E-state index is 13.0. The second kappa shape index (κ2) is 18.6. The third-order valence-corrected chi connectivity index (χ3v) is 13.0. The second-order valence-corrected chi connectivity index (χ2v) is 17.8. The molecule has 5 unspecified atom stereocenters. The van der Waals surface area contributed by atoms with Gasteiger partial charge in [0.05, 0.1) is 0 Å². The third kappa shape index (κ3) is 9.41. The second-order valence-electron chi connectivity index (χ2n) is 17.8. The number of hydrogen-bond donors (Lipinski definition) is 2. The maximum absolute atomic E-state index is 13.0. The van der Waals surface area contributed by atoms with Crippen LogP contribution in [0.3, 0.4) is 0 Å². The first kappa shape index (κ1) is 45.9. The van der Waals surface area contributed by atoms with E-state index >= 15 is 0 Å². The van der Waals surface area contributed by atoms with Gasteiger partial charge < -0.3 is 48.1 Å². The molecule has 0 radical (unpaired) electrons. The van der Waals surface area contributed by atoms with Crippen molar-refractivity contribution in [3.05, 3.63) is 94.9 Å². The Hall–Kier alpha value is -6.06. The van der Waals surface area contributed by atoms with Crippen LogP contribution in [-0.2, 0) is 66.7 Å². The number of esters is 6. The minimum absolute atomic E-state index is 0.0341. The largest absolute Gasteiger partial charge is 0.480 e. The molecular formula is C48H56O16. The summed E-state index contributed by atoms with van der Waals surface area (Å²) in [6.45, 7) is 8.16. The number of carbonyl (C=O) groups is 6. The Balaban J connectivity index is 0.909. The smallest absolute Gasteiger partial charge is 0.348 e. The van der Waals surface area contributed by atoms with Crippen LogP contribution in [0.4, 0.5) is 0 Å². The van der Waals surface area contributed by atoms with Gasteiger partial charge >= 0.3 is 35.8 Å². The normalized spacial score (nSPS) is 34.7. The average Bonchev–Trinajstić information content (AvgIpc) is 3.22. The number of ether oxygens (including phenoxy) is 8. The molecule has 2 N–H and O–H groups in total. The van der Waals surface area contributed by atoms with Gasteiger partial charge in [0.1, 0.15) is 22.3 Å². The van der Waals surface area contributed by atoms with Crippen LogP contribution in [0.25, 0.3) is 0 Å². The Morgan fingerprint density at radius 2 is 0.859 bits per heavy atom. The summed E-state index contributed by atoms with van der Waals surface area (Å²) in [7, 11) is 0. The van der Waals surface area contributed by atoms with E-state index in [1.54, 1.807) is 0 Å². The molecule has 4 heterocycles. The highest BCUT2D eigenvalue weighted by Gasteiger charge is 2.57. The van der Waals surface area contributed by atoms with Crippen LogP contribution in [0.5, 0.6) is 0 Å². The molecule has 7 aliphatic rings. The first-order valence-corrected chi connectivity index (χ1v) is 22.3. The van der Waals surface area contributed by atoms with Gasteiger partial charge in [-0.1, -0.05) is 77.0 Å². The molecule has 64 heavy (non-hydrogen) atoms. The summed E-state index contributed by atoms with van der Waals surface area (Å²) >= 11 is 0. The zero-order valence-corrected chi connectivity index (χ0v) is 36.6. The fourth-order valence-electron chi connectivity index (χ4n) is 9.73. The fraction of sp³-hybridized carbons (Fsp3) is 0.542. The van der Waals surface area contributed by atoms with Crippen molar-refractivity contribution in [1.82, 2.24) is 0 Å². The number of aliphatic hydroxyl groups excluding tert-OH is 2. The van der Waals surface area contributed by atoms with E-state index in [1.807, 2.05) is 20.8 Å². The number of allylic oxidation sites excluding steroid dienone is 8. The molecule has 0 aromatic carbocycles. The maximum Gasteiger partial charge on any atom is 0.348 e. The van der Waals surface area contributed by atoms with Crippen molar-refractivity contribution in [3.63, 3.8) is 0 Å². The van der Waals surface area contributed by atoms with E-state index in [-0.39, 0.29) is 66.1 Å². The van der Waals surface area contributed by atoms with E-state index in [1.165, 1.54) is 60.8 Å². The van der Waals surface area contributed by atoms with E-state index in [0.29, 0.717) is 12.8 Å². The lowest BCUT2D eigenvalue weighted by molar-refractivity contribution is -0.297. The van der Waals surface area contributed by atoms with E-state index in [4.69, 9.17) is 37.9 Å². The number of rotatable bonds is 10. The molecular weight excluding hydrogens is 833 g/mol. The van der Waals surface area contributed by atoms with Crippen LogP contribution in [-0.4, -0.2) is 69.2 Å². The van der Waals surface area contributed by atoms with E-state index in [2.05, 4.69) is 6.92 Å². The van der Waals surface area contributed by atoms with E-state index in [0.717, 1.165) is 51.4 Å². The van der Waals surface area contributed by atoms with Crippen LogP contribution in [0.2, 0.25) is 0 Å². The molecule has 4 spiro atoms. The zero-order valence-electron chi connectivity index (χ0n) is 36.6. The van der Waals surface area contributed by atoms with Crippen molar-refractivity contribution in [3.8, 4) is 0 Å². The average molecular weight is 889 g/mol. The summed E-state index contributed by atoms with van der Waals surface area (Å²) in [5.41, 5.74) is -1.13. The van der Waals surface area contributed by atoms with Crippen molar-refractivity contribution >= 4 is 35.8 Å². The first-order chi connectivity index (χ1) is 30.5. The molecule has 2 saturated heterocycles. The van der Waals surface area contributed by atoms with Gasteiger partial charge in [0.2, 0.25) is 0 Å². The highest BCUT2D eigenvalue weighted by molar-refractivity contribution is 6.16. The number of carbonyl (C=O) groups excluding carboxylic acids is 6. The van der Waals surface area contributed by atoms with E-state index in [9.17, 15) is 39.0 Å². The summed E-state index contributed by atoms with van der Waals surface area (Å²) in [6.07, 6.45) is 20.7. The Labute approximate surface area is 371 Å². The van der Waals surface area contributed by atoms with Crippen molar-refractivity contribution in [2.45, 2.75) is 141 Å². The third-order valence-electron chi connectivity index (χ3n) is 13.0. The van der Waals surface area contributed by atoms with Crippen molar-refractivity contribution < 1.29 is 76.9 Å². The number of hydrogen-bond acceptors (Lipinski definition) is 16. The lowest BCUT2D eigenvalue weighted by atomic mass is 9.75. The lowest BCUT2D eigenvalue weighted by Crippen LogP contribution is -2.54. The van der Waals surface area contributed by atoms with Crippen LogP contribution in [0, 0.1) is 23.7 Å². The molecule has 16 nitrogen and oxygen atoms in total. The summed E-state index contributed by atoms with van der Waals surface area (Å²) in [4.78, 5) is 78.0. The van der Waals surface area contributed by atoms with Crippen molar-refractivity contribution in [2.75, 3.05) is 0 Å². The summed E-state index contributed by atoms with van der Waals surface area (Å²) < 4.78 is 45.7. The standard InChI is InChI=1S/C48H56O16/c1-5-13-31-21-19-29(3)27-47(31)61-41(53)35(42(54)62-47)17-11-7-9-15-33-37(49)57-45(58-38(33)50)23-25-46(26-24-45)59-39(51)34(40(52)60-46)16-10-8-12-18-36-43(55)63-48(64-44(36)56)28-30(4)20-22-32(48)14-6-2/h7-12,15-18,29-32,49,55H,5-6,13-14,19-28H2,1-4H3/b10-8+,11-7+,15-9+,18-12+,34-16?,35-17?. The van der Waals surface area contributed by atoms with Gasteiger partial charge in [-0.2, -0.15) is 0 Å². The minimum atomic E-state index is -1.66. The molecule has 0 aromatic heterocycles. The van der Waals surface area contributed by atoms with Gasteiger partial charge in [-0.3, -0.25) is 0 Å². The Morgan fingerprint density at radius 3 is 1.30 bits per heavy atom. The first-order valence-electron chi connectivity index (χ1n) is 22.3. The van der Waals surface area contributed by atoms with Gasteiger partial charge in [0.15, 0.2) is 0 Å². The number of aliphatic hydroxyl groups is 2. The van der Waals surface area contributed by atoms with Crippen LogP contribution in [0.15, 0.2) is 94.9 Å². The van der Waals surface area contributed by atoms with Gasteiger partial charge in [-0.25, -0.2) is 28.8 Å². The lowest BCUT2D eigenvalue weighted by Gasteiger charge is -2.46. The van der Waals surface area contributed by atoms with Crippen LogP contribution in [0.1, 0.15) is 118 Å². The molecule has 0 aromatic rings. The van der Waals surface area contributed by atoms with Gasteiger partial charge in [0, 0.05) is 50.4 Å². The van der Waals surface area contributed by atoms with Crippen molar-refractivity contribution in [1.29, 1.82) is 0 Å². The quantitative estimate of drug-likeness (QED) is 0.0704. The van der Waals surface area contributed by atoms with Crippen LogP contribution < -0.4 is 0 Å². The molecule has 5 fully saturated rings. The summed E-state index contributed by atoms with van der Waals surface area (Å²) in [5, 5.41) is 21.4. The molecule has 4 aliphatic heterocycles.